The maximum absolute atomic E-state index is 12.7. The molecule has 4 fully saturated rings. The fourth-order valence-electron chi connectivity index (χ4n) is 7.73. The molecule has 0 spiro atoms. The van der Waals surface area contributed by atoms with Gasteiger partial charge in [0.25, 0.3) is 17.7 Å². The van der Waals surface area contributed by atoms with Crippen molar-refractivity contribution in [3.05, 3.63) is 52.4 Å². The van der Waals surface area contributed by atoms with Crippen molar-refractivity contribution >= 4 is 17.7 Å². The van der Waals surface area contributed by atoms with E-state index in [0.29, 0.717) is 59.8 Å². The molecule has 7 rings (SSSR count). The van der Waals surface area contributed by atoms with Crippen LogP contribution >= 0.6 is 0 Å². The van der Waals surface area contributed by atoms with E-state index in [1.165, 1.54) is 12.8 Å². The first-order valence-corrected chi connectivity index (χ1v) is 21.9. The number of nitrogens with zero attached hydrogens (tertiary/aromatic N) is 10. The Morgan fingerprint density at radius 3 is 1.71 bits per heavy atom. The molecule has 3 aliphatic heterocycles. The van der Waals surface area contributed by atoms with Crippen molar-refractivity contribution in [2.75, 3.05) is 92.3 Å². The molecule has 3 aromatic rings. The zero-order valence-corrected chi connectivity index (χ0v) is 37.3. The average Bonchev–Trinajstić information content (AvgIpc) is 3.59. The van der Waals surface area contributed by atoms with Crippen molar-refractivity contribution in [2.24, 2.45) is 0 Å². The highest BCUT2D eigenvalue weighted by atomic mass is 16.5. The Morgan fingerprint density at radius 1 is 0.763 bits per heavy atom. The monoisotopic (exact) mass is 822 g/mol. The maximum Gasteiger partial charge on any atom is 0.274 e. The smallest absolute Gasteiger partial charge is 0.274 e. The zero-order chi connectivity index (χ0) is 42.6. The number of hydrogen-bond donors (Lipinski definition) is 1. The van der Waals surface area contributed by atoms with Gasteiger partial charge in [0.15, 0.2) is 0 Å². The molecule has 6 heterocycles. The summed E-state index contributed by atoms with van der Waals surface area (Å²) in [6.07, 6.45) is 6.01. The van der Waals surface area contributed by atoms with E-state index in [9.17, 15) is 14.4 Å². The van der Waals surface area contributed by atoms with Crippen LogP contribution in [0.1, 0.15) is 122 Å². The summed E-state index contributed by atoms with van der Waals surface area (Å²) in [4.78, 5) is 50.3. The highest BCUT2D eigenvalue weighted by Gasteiger charge is 2.30. The number of carbonyl (C=O) groups is 3. The highest BCUT2D eigenvalue weighted by Crippen LogP contribution is 2.39. The molecule has 0 bridgehead atoms. The largest absolute Gasteiger partial charge is 0.383 e. The Labute approximate surface area is 351 Å². The van der Waals surface area contributed by atoms with E-state index in [4.69, 9.17) is 9.26 Å². The van der Waals surface area contributed by atoms with Crippen molar-refractivity contribution < 1.29 is 23.6 Å². The van der Waals surface area contributed by atoms with E-state index >= 15 is 0 Å². The second-order valence-electron chi connectivity index (χ2n) is 17.0. The summed E-state index contributed by atoms with van der Waals surface area (Å²) in [7, 11) is 1.66. The number of aromatic nitrogens is 5. The van der Waals surface area contributed by atoms with E-state index in [2.05, 4.69) is 83.6 Å². The molecule has 0 radical (unpaired) electrons. The lowest BCUT2D eigenvalue weighted by molar-refractivity contribution is 0.0584. The first-order chi connectivity index (χ1) is 28.3. The molecule has 3 amide bonds. The van der Waals surface area contributed by atoms with Gasteiger partial charge in [0.1, 0.15) is 22.7 Å². The molecule has 0 aromatic carbocycles. The summed E-state index contributed by atoms with van der Waals surface area (Å²) in [5.74, 6) is 1.54. The third-order valence-electron chi connectivity index (χ3n) is 11.8. The number of hydrogen-bond acceptors (Lipinski definition) is 11. The predicted octanol–water partition coefficient (Wildman–Crippen LogP) is 4.25. The Balaban J connectivity index is 0.000000168. The molecule has 1 N–H and O–H groups in total. The summed E-state index contributed by atoms with van der Waals surface area (Å²) in [5.41, 5.74) is 3.64. The van der Waals surface area contributed by atoms with Crippen LogP contribution in [0.2, 0.25) is 0 Å². The van der Waals surface area contributed by atoms with Crippen LogP contribution in [-0.4, -0.2) is 183 Å². The van der Waals surface area contributed by atoms with E-state index in [0.717, 1.165) is 103 Å². The number of methoxy groups -OCH3 is 1. The SMILES string of the molecule is CC(C)N1CCN(C(=O)c2cc(C3CC3)[nH]n2)CC1.CCCc1onc(C)c1C(=O)N1CCN(C(C)C)CC1.COCCn1ccc(C(=O)N2CCN(C(C)C)CC2)n1. The molecule has 3 aromatic heterocycles. The van der Waals surface area contributed by atoms with Crippen molar-refractivity contribution in [1.82, 2.24) is 54.5 Å². The predicted molar refractivity (Wildman–Crippen MR) is 228 cm³/mol. The lowest BCUT2D eigenvalue weighted by Gasteiger charge is -2.36. The van der Waals surface area contributed by atoms with Gasteiger partial charge in [-0.3, -0.25) is 38.9 Å². The second kappa shape index (κ2) is 21.9. The van der Waals surface area contributed by atoms with Crippen LogP contribution in [0.3, 0.4) is 0 Å². The van der Waals surface area contributed by atoms with E-state index in [1.54, 1.807) is 17.9 Å². The van der Waals surface area contributed by atoms with Crippen LogP contribution in [0.25, 0.3) is 0 Å². The molecule has 16 nitrogen and oxygen atoms in total. The van der Waals surface area contributed by atoms with Gasteiger partial charge in [-0.2, -0.15) is 10.2 Å². The molecule has 0 unspecified atom stereocenters. The minimum absolute atomic E-state index is 0.0320. The van der Waals surface area contributed by atoms with Gasteiger partial charge in [-0.15, -0.1) is 0 Å². The Bertz CT molecular complexity index is 1760. The van der Waals surface area contributed by atoms with Gasteiger partial charge in [-0.25, -0.2) is 0 Å². The second-order valence-corrected chi connectivity index (χ2v) is 17.0. The van der Waals surface area contributed by atoms with Crippen LogP contribution in [0.15, 0.2) is 22.9 Å². The van der Waals surface area contributed by atoms with Gasteiger partial charge in [-0.05, 0) is 79.9 Å². The summed E-state index contributed by atoms with van der Waals surface area (Å²) in [5, 5.41) is 15.5. The first kappa shape index (κ1) is 46.0. The average molecular weight is 822 g/mol. The number of ether oxygens (including phenoxy) is 1. The van der Waals surface area contributed by atoms with Gasteiger partial charge >= 0.3 is 0 Å². The number of H-pyrrole nitrogens is 1. The fraction of sp³-hybridized carbons (Fsp3) is 0.721. The normalized spacial score (nSPS) is 18.3. The standard InChI is InChI=1S/C15H25N3O2.C14H24N4O2.C14H22N4O/c1-5-6-13-14(12(4)16-20-13)15(19)18-9-7-17(8-10-18)11(2)3;1-12(2)16-6-8-17(9-7-16)14(19)13-4-5-18(15-13)10-11-20-3;1-10(2)17-5-7-18(8-6-17)14(19)13-9-12(15-16-13)11-3-4-11/h11H,5-10H2,1-4H3;4-5,12H,6-11H2,1-3H3;9-11H,3-8H2,1-2H3,(H,15,16). The molecular formula is C43H71N11O5. The molecule has 59 heavy (non-hydrogen) atoms. The minimum Gasteiger partial charge on any atom is -0.383 e. The van der Waals surface area contributed by atoms with E-state index < -0.39 is 0 Å². The van der Waals surface area contributed by atoms with Crippen molar-refractivity contribution in [2.45, 2.75) is 112 Å². The Morgan fingerprint density at radius 2 is 1.25 bits per heavy atom. The van der Waals surface area contributed by atoms with Crippen LogP contribution in [-0.2, 0) is 17.7 Å². The quantitative estimate of drug-likeness (QED) is 0.279. The van der Waals surface area contributed by atoms with E-state index in [1.807, 2.05) is 33.9 Å². The third-order valence-corrected chi connectivity index (χ3v) is 11.8. The lowest BCUT2D eigenvalue weighted by atomic mass is 10.1. The summed E-state index contributed by atoms with van der Waals surface area (Å²) in [6, 6.07) is 5.37. The molecular weight excluding hydrogens is 751 g/mol. The van der Waals surface area contributed by atoms with Crippen molar-refractivity contribution in [3.8, 4) is 0 Å². The van der Waals surface area contributed by atoms with Gasteiger partial charge in [0, 0.05) is 128 Å². The van der Waals surface area contributed by atoms with Crippen LogP contribution < -0.4 is 0 Å². The number of nitrogens with one attached hydrogen (secondary N) is 1. The highest BCUT2D eigenvalue weighted by molar-refractivity contribution is 5.96. The van der Waals surface area contributed by atoms with Crippen LogP contribution in [0.4, 0.5) is 0 Å². The number of aryl methyl sites for hydroxylation is 2. The zero-order valence-electron chi connectivity index (χ0n) is 37.3. The number of rotatable bonds is 12. The molecule has 328 valence electrons. The van der Waals surface area contributed by atoms with Crippen LogP contribution in [0, 0.1) is 6.92 Å². The lowest BCUT2D eigenvalue weighted by Crippen LogP contribution is -2.50. The summed E-state index contributed by atoms with van der Waals surface area (Å²) >= 11 is 0. The topological polar surface area (TPSA) is 152 Å². The summed E-state index contributed by atoms with van der Waals surface area (Å²) in [6.45, 7) is 28.8. The number of piperazine rings is 3. The molecule has 4 aliphatic rings. The van der Waals surface area contributed by atoms with E-state index in [-0.39, 0.29) is 17.7 Å². The number of aromatic amines is 1. The summed E-state index contributed by atoms with van der Waals surface area (Å²) < 4.78 is 12.1. The molecule has 0 atom stereocenters. The molecule has 1 saturated carbocycles. The van der Waals surface area contributed by atoms with Crippen molar-refractivity contribution in [1.29, 1.82) is 0 Å². The Hall–Kier alpha value is -4.12. The van der Waals surface area contributed by atoms with Gasteiger partial charge in [-0.1, -0.05) is 12.1 Å². The van der Waals surface area contributed by atoms with Gasteiger partial charge in [0.05, 0.1) is 18.8 Å². The van der Waals surface area contributed by atoms with Gasteiger partial charge < -0.3 is 24.0 Å². The minimum atomic E-state index is 0.0320. The fourth-order valence-corrected chi connectivity index (χ4v) is 7.73. The number of amides is 3. The first-order valence-electron chi connectivity index (χ1n) is 21.9. The van der Waals surface area contributed by atoms with Crippen molar-refractivity contribution in [3.63, 3.8) is 0 Å². The van der Waals surface area contributed by atoms with Gasteiger partial charge in [0.2, 0.25) is 0 Å². The molecule has 1 aliphatic carbocycles. The molecule has 3 saturated heterocycles. The maximum atomic E-state index is 12.7. The van der Waals surface area contributed by atoms with Crippen LogP contribution in [0.5, 0.6) is 0 Å². The third kappa shape index (κ3) is 12.7. The number of carbonyl (C=O) groups excluding carboxylic acids is 3. The molecule has 16 heteroatoms. The Kier molecular flexibility index (Phi) is 17.1.